The third-order valence-electron chi connectivity index (χ3n) is 5.05. The van der Waals surface area contributed by atoms with E-state index >= 15 is 0 Å². The molecule has 1 saturated heterocycles. The number of piperidine rings is 1. The van der Waals surface area contributed by atoms with E-state index in [1.54, 1.807) is 23.3 Å². The van der Waals surface area contributed by atoms with Crippen LogP contribution in [-0.2, 0) is 13.6 Å². The third-order valence-corrected chi connectivity index (χ3v) is 5.05. The molecule has 0 bridgehead atoms. The molecule has 1 N–H and O–H groups in total. The predicted molar refractivity (Wildman–Crippen MR) is 96.5 cm³/mol. The van der Waals surface area contributed by atoms with E-state index in [-0.39, 0.29) is 5.91 Å². The first kappa shape index (κ1) is 16.7. The van der Waals surface area contributed by atoms with Crippen molar-refractivity contribution in [2.75, 3.05) is 19.6 Å². The summed E-state index contributed by atoms with van der Waals surface area (Å²) in [5.74, 6) is 0.468. The molecule has 4 rings (SSSR count). The summed E-state index contributed by atoms with van der Waals surface area (Å²) in [7, 11) is 1.83. The second-order valence-corrected chi connectivity index (χ2v) is 6.88. The first-order valence-electron chi connectivity index (χ1n) is 8.95. The predicted octanol–water partition coefficient (Wildman–Crippen LogP) is 1.10. The van der Waals surface area contributed by atoms with Crippen LogP contribution in [-0.4, -0.2) is 54.6 Å². The van der Waals surface area contributed by atoms with Crippen LogP contribution in [0.1, 0.15) is 28.9 Å². The lowest BCUT2D eigenvalue weighted by atomic mass is 9.96. The van der Waals surface area contributed by atoms with Crippen molar-refractivity contribution in [3.63, 3.8) is 0 Å². The Bertz CT molecular complexity index is 892. The van der Waals surface area contributed by atoms with Crippen LogP contribution in [0.5, 0.6) is 0 Å². The van der Waals surface area contributed by atoms with Gasteiger partial charge in [-0.2, -0.15) is 5.10 Å². The van der Waals surface area contributed by atoms with Gasteiger partial charge in [-0.3, -0.25) is 9.69 Å². The van der Waals surface area contributed by atoms with Crippen molar-refractivity contribution in [3.05, 3.63) is 48.4 Å². The maximum atomic E-state index is 12.2. The van der Waals surface area contributed by atoms with Crippen LogP contribution >= 0.6 is 0 Å². The number of hydrogen-bond donors (Lipinski definition) is 1. The molecule has 1 amide bonds. The van der Waals surface area contributed by atoms with Gasteiger partial charge in [0.1, 0.15) is 5.69 Å². The van der Waals surface area contributed by atoms with Gasteiger partial charge in [0.15, 0.2) is 5.65 Å². The lowest BCUT2D eigenvalue weighted by molar-refractivity contribution is 0.0927. The van der Waals surface area contributed by atoms with Crippen LogP contribution in [0, 0.1) is 5.92 Å². The molecule has 0 aromatic carbocycles. The fourth-order valence-corrected chi connectivity index (χ4v) is 3.48. The van der Waals surface area contributed by atoms with Gasteiger partial charge in [0.25, 0.3) is 5.91 Å². The van der Waals surface area contributed by atoms with E-state index in [0.29, 0.717) is 11.6 Å². The monoisotopic (exact) mass is 353 g/mol. The highest BCUT2D eigenvalue weighted by Crippen LogP contribution is 2.19. The Morgan fingerprint density at radius 2 is 2.15 bits per heavy atom. The Morgan fingerprint density at radius 3 is 2.92 bits per heavy atom. The van der Waals surface area contributed by atoms with Crippen LogP contribution in [0.2, 0.25) is 0 Å². The molecule has 0 saturated carbocycles. The average Bonchev–Trinajstić information content (AvgIpc) is 3.27. The molecule has 0 unspecified atom stereocenters. The molecule has 3 aromatic heterocycles. The lowest BCUT2D eigenvalue weighted by Crippen LogP contribution is -2.38. The topological polar surface area (TPSA) is 80.4 Å². The molecule has 1 aliphatic rings. The van der Waals surface area contributed by atoms with E-state index in [1.807, 2.05) is 30.0 Å². The summed E-state index contributed by atoms with van der Waals surface area (Å²) in [5.41, 5.74) is 2.69. The molecule has 0 spiro atoms. The summed E-state index contributed by atoms with van der Waals surface area (Å²) in [5, 5.41) is 7.39. The molecule has 1 aliphatic heterocycles. The van der Waals surface area contributed by atoms with Gasteiger partial charge in [0, 0.05) is 38.1 Å². The first-order valence-corrected chi connectivity index (χ1v) is 8.95. The summed E-state index contributed by atoms with van der Waals surface area (Å²) in [6, 6.07) is 1.88. The Kier molecular flexibility index (Phi) is 4.66. The Labute approximate surface area is 151 Å². The maximum absolute atomic E-state index is 12.2. The van der Waals surface area contributed by atoms with Crippen LogP contribution in [0.15, 0.2) is 37.2 Å². The van der Waals surface area contributed by atoms with Gasteiger partial charge < -0.3 is 9.88 Å². The van der Waals surface area contributed by atoms with E-state index < -0.39 is 0 Å². The average molecular weight is 353 g/mol. The molecule has 0 aliphatic carbocycles. The van der Waals surface area contributed by atoms with Crippen LogP contribution < -0.4 is 5.32 Å². The molecule has 3 aromatic rings. The highest BCUT2D eigenvalue weighted by molar-refractivity contribution is 5.92. The second-order valence-electron chi connectivity index (χ2n) is 6.88. The van der Waals surface area contributed by atoms with Gasteiger partial charge in [-0.25, -0.2) is 14.5 Å². The number of rotatable bonds is 5. The standard InChI is InChI=1S/C18H23N7O/c1-23-13-19-11-16(23)18(26)21-9-14-3-7-24(8-4-14)12-15-10-22-25-6-2-5-20-17(15)25/h2,5-6,10-11,13-14H,3-4,7-9,12H2,1H3,(H,21,26). The number of hydrogen-bond acceptors (Lipinski definition) is 5. The van der Waals surface area contributed by atoms with Crippen molar-refractivity contribution in [2.24, 2.45) is 13.0 Å². The Morgan fingerprint density at radius 1 is 1.31 bits per heavy atom. The SMILES string of the molecule is Cn1cncc1C(=O)NCC1CCN(Cc2cnn3cccnc23)CC1. The van der Waals surface area contributed by atoms with Crippen LogP contribution in [0.3, 0.4) is 0 Å². The highest BCUT2D eigenvalue weighted by atomic mass is 16.1. The number of nitrogens with one attached hydrogen (secondary N) is 1. The van der Waals surface area contributed by atoms with Gasteiger partial charge in [0.05, 0.1) is 18.7 Å². The molecular formula is C18H23N7O. The van der Waals surface area contributed by atoms with Crippen molar-refractivity contribution in [1.29, 1.82) is 0 Å². The number of amides is 1. The number of carbonyl (C=O) groups is 1. The van der Waals surface area contributed by atoms with Gasteiger partial charge in [-0.15, -0.1) is 0 Å². The number of aromatic nitrogens is 5. The number of likely N-dealkylation sites (tertiary alicyclic amines) is 1. The van der Waals surface area contributed by atoms with Crippen LogP contribution in [0.25, 0.3) is 5.65 Å². The van der Waals surface area contributed by atoms with Gasteiger partial charge in [-0.05, 0) is 37.9 Å². The van der Waals surface area contributed by atoms with Crippen molar-refractivity contribution in [3.8, 4) is 0 Å². The summed E-state index contributed by atoms with van der Waals surface area (Å²) in [6.45, 7) is 3.64. The zero-order valence-corrected chi connectivity index (χ0v) is 14.9. The normalized spacial score (nSPS) is 16.2. The fourth-order valence-electron chi connectivity index (χ4n) is 3.48. The molecule has 8 heteroatoms. The van der Waals surface area contributed by atoms with E-state index in [1.165, 1.54) is 0 Å². The number of nitrogens with zero attached hydrogens (tertiary/aromatic N) is 6. The van der Waals surface area contributed by atoms with Crippen LogP contribution in [0.4, 0.5) is 0 Å². The number of aryl methyl sites for hydroxylation is 1. The highest BCUT2D eigenvalue weighted by Gasteiger charge is 2.21. The van der Waals surface area contributed by atoms with Crippen molar-refractivity contribution < 1.29 is 4.79 Å². The maximum Gasteiger partial charge on any atom is 0.269 e. The van der Waals surface area contributed by atoms with Crippen molar-refractivity contribution in [2.45, 2.75) is 19.4 Å². The van der Waals surface area contributed by atoms with E-state index in [2.05, 4.69) is 25.3 Å². The van der Waals surface area contributed by atoms with Crippen molar-refractivity contribution >= 4 is 11.6 Å². The molecule has 0 atom stereocenters. The van der Waals surface area contributed by atoms with E-state index in [0.717, 1.165) is 50.2 Å². The van der Waals surface area contributed by atoms with Crippen molar-refractivity contribution in [1.82, 2.24) is 34.4 Å². The molecular weight excluding hydrogens is 330 g/mol. The fraction of sp³-hybridized carbons (Fsp3) is 0.444. The lowest BCUT2D eigenvalue weighted by Gasteiger charge is -2.31. The van der Waals surface area contributed by atoms with Gasteiger partial charge in [0.2, 0.25) is 0 Å². The summed E-state index contributed by atoms with van der Waals surface area (Å²) in [4.78, 5) is 23.0. The third kappa shape index (κ3) is 3.45. The number of imidazole rings is 1. The molecule has 4 heterocycles. The van der Waals surface area contributed by atoms with Gasteiger partial charge >= 0.3 is 0 Å². The molecule has 26 heavy (non-hydrogen) atoms. The first-order chi connectivity index (χ1) is 12.7. The van der Waals surface area contributed by atoms with E-state index in [4.69, 9.17) is 0 Å². The minimum atomic E-state index is -0.0511. The molecule has 1 fully saturated rings. The summed E-state index contributed by atoms with van der Waals surface area (Å²) in [6.07, 6.45) is 11.0. The van der Waals surface area contributed by atoms with Gasteiger partial charge in [-0.1, -0.05) is 0 Å². The molecule has 8 nitrogen and oxygen atoms in total. The summed E-state index contributed by atoms with van der Waals surface area (Å²) < 4.78 is 3.55. The minimum Gasteiger partial charge on any atom is -0.350 e. The Balaban J connectivity index is 1.26. The molecule has 0 radical (unpaired) electrons. The summed E-state index contributed by atoms with van der Waals surface area (Å²) >= 11 is 0. The minimum absolute atomic E-state index is 0.0511. The zero-order chi connectivity index (χ0) is 17.9. The van der Waals surface area contributed by atoms with E-state index in [9.17, 15) is 4.79 Å². The zero-order valence-electron chi connectivity index (χ0n) is 14.9. The largest absolute Gasteiger partial charge is 0.350 e. The second kappa shape index (κ2) is 7.25. The molecule has 136 valence electrons. The number of fused-ring (bicyclic) bond motifs is 1. The smallest absolute Gasteiger partial charge is 0.269 e. The quantitative estimate of drug-likeness (QED) is 0.743. The Hall–Kier alpha value is -2.74. The number of carbonyl (C=O) groups excluding carboxylic acids is 1.